The Balaban J connectivity index is 2.07. The molecule has 3 heteroatoms. The third-order valence-electron chi connectivity index (χ3n) is 4.00. The van der Waals surface area contributed by atoms with Gasteiger partial charge in [0.1, 0.15) is 5.82 Å². The van der Waals surface area contributed by atoms with Crippen LogP contribution in [0.5, 0.6) is 0 Å². The monoisotopic (exact) mass is 269 g/mol. The molecule has 0 heterocycles. The molecule has 1 aromatic rings. The highest BCUT2D eigenvalue weighted by molar-refractivity contribution is 6.31. The lowest BCUT2D eigenvalue weighted by atomic mass is 9.91. The molecule has 0 aromatic heterocycles. The van der Waals surface area contributed by atoms with Gasteiger partial charge in [-0.2, -0.15) is 0 Å². The fraction of sp³-hybridized carbons (Fsp3) is 0.600. The van der Waals surface area contributed by atoms with Gasteiger partial charge in [-0.1, -0.05) is 36.9 Å². The van der Waals surface area contributed by atoms with Crippen LogP contribution in [0.15, 0.2) is 18.2 Å². The summed E-state index contributed by atoms with van der Waals surface area (Å²) in [6, 6.07) is 5.53. The summed E-state index contributed by atoms with van der Waals surface area (Å²) in [7, 11) is 2.02. The van der Waals surface area contributed by atoms with Crippen LogP contribution in [0.2, 0.25) is 5.02 Å². The zero-order valence-electron chi connectivity index (χ0n) is 10.9. The second-order valence-electron chi connectivity index (χ2n) is 5.28. The molecule has 0 spiro atoms. The van der Waals surface area contributed by atoms with Gasteiger partial charge in [-0.15, -0.1) is 0 Å². The van der Waals surface area contributed by atoms with Crippen LogP contribution in [0.3, 0.4) is 0 Å². The summed E-state index contributed by atoms with van der Waals surface area (Å²) in [5.74, 6) is 0.382. The molecule has 1 aliphatic rings. The lowest BCUT2D eigenvalue weighted by molar-refractivity contribution is 0.396. The van der Waals surface area contributed by atoms with Gasteiger partial charge >= 0.3 is 0 Å². The zero-order valence-corrected chi connectivity index (χ0v) is 11.6. The normalized spacial score (nSPS) is 24.8. The Kier molecular flexibility index (Phi) is 5.02. The first kappa shape index (κ1) is 13.8. The third kappa shape index (κ3) is 3.46. The van der Waals surface area contributed by atoms with Gasteiger partial charge in [-0.25, -0.2) is 4.39 Å². The zero-order chi connectivity index (χ0) is 13.0. The number of halogens is 2. The molecular formula is C15H21ClFN. The maximum absolute atomic E-state index is 13.8. The molecule has 2 rings (SSSR count). The first-order chi connectivity index (χ1) is 8.70. The van der Waals surface area contributed by atoms with Gasteiger partial charge < -0.3 is 5.32 Å². The Hall–Kier alpha value is -0.600. The van der Waals surface area contributed by atoms with Crippen LogP contribution in [0.4, 0.5) is 4.39 Å². The molecular weight excluding hydrogens is 249 g/mol. The van der Waals surface area contributed by atoms with Crippen molar-refractivity contribution in [1.29, 1.82) is 0 Å². The molecule has 1 N–H and O–H groups in total. The maximum Gasteiger partial charge on any atom is 0.127 e. The molecule has 1 fully saturated rings. The smallest absolute Gasteiger partial charge is 0.127 e. The van der Waals surface area contributed by atoms with E-state index in [1.54, 1.807) is 12.1 Å². The van der Waals surface area contributed by atoms with Gasteiger partial charge in [-0.3, -0.25) is 0 Å². The molecule has 2 atom stereocenters. The van der Waals surface area contributed by atoms with Crippen LogP contribution in [0.25, 0.3) is 0 Å². The van der Waals surface area contributed by atoms with Crippen molar-refractivity contribution in [3.8, 4) is 0 Å². The van der Waals surface area contributed by atoms with Crippen LogP contribution in [-0.4, -0.2) is 13.1 Å². The van der Waals surface area contributed by atoms with Crippen molar-refractivity contribution in [2.75, 3.05) is 7.05 Å². The van der Waals surface area contributed by atoms with Crippen LogP contribution in [0.1, 0.15) is 37.7 Å². The number of benzene rings is 1. The van der Waals surface area contributed by atoms with E-state index in [0.29, 0.717) is 22.5 Å². The lowest BCUT2D eigenvalue weighted by Gasteiger charge is -2.20. The molecule has 1 nitrogen and oxygen atoms in total. The molecule has 100 valence electrons. The fourth-order valence-corrected chi connectivity index (χ4v) is 3.17. The van der Waals surface area contributed by atoms with Crippen molar-refractivity contribution >= 4 is 11.6 Å². The van der Waals surface area contributed by atoms with E-state index in [-0.39, 0.29) is 5.82 Å². The Morgan fingerprint density at radius 3 is 2.83 bits per heavy atom. The topological polar surface area (TPSA) is 12.0 Å². The third-order valence-corrected chi connectivity index (χ3v) is 4.35. The van der Waals surface area contributed by atoms with Crippen molar-refractivity contribution in [3.63, 3.8) is 0 Å². The van der Waals surface area contributed by atoms with Gasteiger partial charge in [0.25, 0.3) is 0 Å². The number of hydrogen-bond donors (Lipinski definition) is 1. The Bertz CT molecular complexity index is 374. The first-order valence-corrected chi connectivity index (χ1v) is 7.18. The van der Waals surface area contributed by atoms with Crippen molar-refractivity contribution in [2.24, 2.45) is 5.92 Å². The molecule has 0 amide bonds. The molecule has 1 aromatic carbocycles. The lowest BCUT2D eigenvalue weighted by Crippen LogP contribution is -2.27. The molecule has 0 radical (unpaired) electrons. The van der Waals surface area contributed by atoms with Crippen molar-refractivity contribution in [2.45, 2.75) is 44.6 Å². The summed E-state index contributed by atoms with van der Waals surface area (Å²) in [5, 5.41) is 3.93. The summed E-state index contributed by atoms with van der Waals surface area (Å²) in [4.78, 5) is 0. The van der Waals surface area contributed by atoms with Gasteiger partial charge in [0.15, 0.2) is 0 Å². The van der Waals surface area contributed by atoms with E-state index in [2.05, 4.69) is 5.32 Å². The Morgan fingerprint density at radius 2 is 2.11 bits per heavy atom. The van der Waals surface area contributed by atoms with E-state index in [1.165, 1.54) is 31.7 Å². The summed E-state index contributed by atoms with van der Waals surface area (Å²) in [5.41, 5.74) is 0.695. The summed E-state index contributed by atoms with van der Waals surface area (Å²) >= 11 is 6.10. The molecule has 18 heavy (non-hydrogen) atoms. The summed E-state index contributed by atoms with van der Waals surface area (Å²) < 4.78 is 13.8. The van der Waals surface area contributed by atoms with Gasteiger partial charge in [-0.05, 0) is 44.4 Å². The minimum Gasteiger partial charge on any atom is -0.317 e. The molecule has 2 unspecified atom stereocenters. The second-order valence-corrected chi connectivity index (χ2v) is 5.68. The van der Waals surface area contributed by atoms with Crippen molar-refractivity contribution in [3.05, 3.63) is 34.6 Å². The second kappa shape index (κ2) is 6.53. The SMILES string of the molecule is CNC1CCCCC(Cc2c(F)cccc2Cl)C1. The van der Waals surface area contributed by atoms with Crippen LogP contribution >= 0.6 is 11.6 Å². The van der Waals surface area contributed by atoms with E-state index in [1.807, 2.05) is 7.05 Å². The highest BCUT2D eigenvalue weighted by Gasteiger charge is 2.21. The first-order valence-electron chi connectivity index (χ1n) is 6.81. The van der Waals surface area contributed by atoms with Crippen LogP contribution in [-0.2, 0) is 6.42 Å². The van der Waals surface area contributed by atoms with E-state index in [0.717, 1.165) is 12.8 Å². The van der Waals surface area contributed by atoms with Crippen molar-refractivity contribution in [1.82, 2.24) is 5.32 Å². The quantitative estimate of drug-likeness (QED) is 0.812. The van der Waals surface area contributed by atoms with E-state index < -0.39 is 0 Å². The Morgan fingerprint density at radius 1 is 1.33 bits per heavy atom. The fourth-order valence-electron chi connectivity index (χ4n) is 2.93. The van der Waals surface area contributed by atoms with Crippen LogP contribution in [0, 0.1) is 11.7 Å². The standard InChI is InChI=1S/C15H21ClFN/c1-18-12-6-3-2-5-11(9-12)10-13-14(16)7-4-8-15(13)17/h4,7-8,11-12,18H,2-3,5-6,9-10H2,1H3. The van der Waals surface area contributed by atoms with Gasteiger partial charge in [0, 0.05) is 16.6 Å². The van der Waals surface area contributed by atoms with Crippen LogP contribution < -0.4 is 5.32 Å². The minimum atomic E-state index is -0.159. The molecule has 1 aliphatic carbocycles. The average Bonchev–Trinajstić information content (AvgIpc) is 2.59. The molecule has 0 bridgehead atoms. The summed E-state index contributed by atoms with van der Waals surface area (Å²) in [6.45, 7) is 0. The molecule has 0 aliphatic heterocycles. The highest BCUT2D eigenvalue weighted by Crippen LogP contribution is 2.29. The van der Waals surface area contributed by atoms with Gasteiger partial charge in [0.2, 0.25) is 0 Å². The highest BCUT2D eigenvalue weighted by atomic mass is 35.5. The molecule has 0 saturated heterocycles. The number of nitrogens with one attached hydrogen (secondary N) is 1. The largest absolute Gasteiger partial charge is 0.317 e. The summed E-state index contributed by atoms with van der Waals surface area (Å²) in [6.07, 6.45) is 6.83. The van der Waals surface area contributed by atoms with Crippen molar-refractivity contribution < 1.29 is 4.39 Å². The van der Waals surface area contributed by atoms with Gasteiger partial charge in [0.05, 0.1) is 0 Å². The van der Waals surface area contributed by atoms with E-state index in [4.69, 9.17) is 11.6 Å². The maximum atomic E-state index is 13.8. The number of rotatable bonds is 3. The average molecular weight is 270 g/mol. The Labute approximate surface area is 114 Å². The predicted octanol–water partition coefficient (Wildman–Crippen LogP) is 4.19. The molecule has 1 saturated carbocycles. The number of hydrogen-bond acceptors (Lipinski definition) is 1. The predicted molar refractivity (Wildman–Crippen MR) is 74.5 cm³/mol. The van der Waals surface area contributed by atoms with E-state index in [9.17, 15) is 4.39 Å². The van der Waals surface area contributed by atoms with E-state index >= 15 is 0 Å². The minimum absolute atomic E-state index is 0.159.